The maximum Gasteiger partial charge on any atom is 0.407 e. The molecule has 0 radical (unpaired) electrons. The van der Waals surface area contributed by atoms with E-state index in [9.17, 15) is 13.6 Å². The van der Waals surface area contributed by atoms with Crippen LogP contribution >= 0.6 is 0 Å². The van der Waals surface area contributed by atoms with Crippen LogP contribution in [-0.2, 0) is 4.74 Å². The summed E-state index contributed by atoms with van der Waals surface area (Å²) in [6.45, 7) is 1.71. The predicted octanol–water partition coefficient (Wildman–Crippen LogP) is 5.16. The molecule has 0 saturated heterocycles. The van der Waals surface area contributed by atoms with Gasteiger partial charge in [-0.05, 0) is 41.3 Å². The van der Waals surface area contributed by atoms with Crippen molar-refractivity contribution in [1.82, 2.24) is 5.32 Å². The smallest absolute Gasteiger partial charge is 0.407 e. The van der Waals surface area contributed by atoms with Crippen LogP contribution in [0.1, 0.15) is 28.2 Å². The molecule has 0 unspecified atom stereocenters. The lowest BCUT2D eigenvalue weighted by Gasteiger charge is -2.14. The molecular formula is C25H19F2NO2. The average Bonchev–Trinajstić information content (AvgIpc) is 3.09. The van der Waals surface area contributed by atoms with Crippen molar-refractivity contribution in [3.8, 4) is 23.0 Å². The van der Waals surface area contributed by atoms with Gasteiger partial charge in [-0.3, -0.25) is 0 Å². The molecule has 1 amide bonds. The normalized spacial score (nSPS) is 11.8. The summed E-state index contributed by atoms with van der Waals surface area (Å²) in [7, 11) is 0. The van der Waals surface area contributed by atoms with Gasteiger partial charge < -0.3 is 10.1 Å². The lowest BCUT2D eigenvalue weighted by Crippen LogP contribution is -2.26. The highest BCUT2D eigenvalue weighted by Gasteiger charge is 2.28. The Kier molecular flexibility index (Phi) is 5.49. The topological polar surface area (TPSA) is 38.3 Å². The molecule has 1 N–H and O–H groups in total. The van der Waals surface area contributed by atoms with Crippen LogP contribution in [0.3, 0.4) is 0 Å². The highest BCUT2D eigenvalue weighted by atomic mass is 19.2. The number of fused-ring (bicyclic) bond motifs is 3. The number of alkyl carbamates (subject to hydrolysis) is 1. The van der Waals surface area contributed by atoms with Gasteiger partial charge in [-0.2, -0.15) is 0 Å². The van der Waals surface area contributed by atoms with Crippen molar-refractivity contribution in [2.24, 2.45) is 0 Å². The van der Waals surface area contributed by atoms with E-state index < -0.39 is 17.7 Å². The van der Waals surface area contributed by atoms with Crippen molar-refractivity contribution in [1.29, 1.82) is 0 Å². The Morgan fingerprint density at radius 3 is 2.30 bits per heavy atom. The van der Waals surface area contributed by atoms with E-state index in [2.05, 4.69) is 41.4 Å². The number of amides is 1. The molecule has 5 heteroatoms. The molecule has 0 spiro atoms. The summed E-state index contributed by atoms with van der Waals surface area (Å²) in [4.78, 5) is 12.1. The second-order valence-electron chi connectivity index (χ2n) is 7.01. The molecule has 0 aliphatic heterocycles. The molecule has 30 heavy (non-hydrogen) atoms. The third-order valence-corrected chi connectivity index (χ3v) is 5.23. The second kappa shape index (κ2) is 8.38. The molecular weight excluding hydrogens is 384 g/mol. The monoisotopic (exact) mass is 403 g/mol. The summed E-state index contributed by atoms with van der Waals surface area (Å²) < 4.78 is 32.1. The quantitative estimate of drug-likeness (QED) is 0.613. The highest BCUT2D eigenvalue weighted by molar-refractivity contribution is 5.79. The Labute approximate surface area is 173 Å². The van der Waals surface area contributed by atoms with Gasteiger partial charge in [0, 0.05) is 17.0 Å². The molecule has 0 atom stereocenters. The van der Waals surface area contributed by atoms with Crippen LogP contribution in [0, 0.1) is 30.4 Å². The first-order valence-corrected chi connectivity index (χ1v) is 9.58. The van der Waals surface area contributed by atoms with Crippen LogP contribution in [0.15, 0.2) is 60.7 Å². The van der Waals surface area contributed by atoms with Crippen LogP contribution in [-0.4, -0.2) is 19.2 Å². The summed E-state index contributed by atoms with van der Waals surface area (Å²) in [5.74, 6) is 3.63. The molecule has 3 aromatic rings. The average molecular weight is 403 g/mol. The molecule has 0 bridgehead atoms. The van der Waals surface area contributed by atoms with Gasteiger partial charge in [0.25, 0.3) is 0 Å². The first-order chi connectivity index (χ1) is 14.6. The van der Waals surface area contributed by atoms with Gasteiger partial charge in [-0.1, -0.05) is 60.4 Å². The molecule has 0 saturated carbocycles. The first-order valence-electron chi connectivity index (χ1n) is 9.58. The second-order valence-corrected chi connectivity index (χ2v) is 7.01. The van der Waals surface area contributed by atoms with Crippen LogP contribution in [0.25, 0.3) is 11.1 Å². The number of halogens is 2. The molecule has 0 aromatic heterocycles. The minimum absolute atomic E-state index is 0.0147. The SMILES string of the molecule is Cc1c(C#CCNC(=O)OCC2c3ccccc3-c3ccccc32)ccc(F)c1F. The fraction of sp³-hybridized carbons (Fsp3) is 0.160. The molecule has 3 aromatic carbocycles. The van der Waals surface area contributed by atoms with Gasteiger partial charge >= 0.3 is 6.09 Å². The number of rotatable bonds is 3. The summed E-state index contributed by atoms with van der Waals surface area (Å²) in [6.07, 6.45) is -0.576. The van der Waals surface area contributed by atoms with Gasteiger partial charge in [0.15, 0.2) is 11.6 Å². The Morgan fingerprint density at radius 1 is 1.00 bits per heavy atom. The van der Waals surface area contributed by atoms with E-state index in [0.29, 0.717) is 5.56 Å². The van der Waals surface area contributed by atoms with E-state index in [1.165, 1.54) is 13.0 Å². The van der Waals surface area contributed by atoms with Gasteiger partial charge in [-0.25, -0.2) is 13.6 Å². The zero-order valence-electron chi connectivity index (χ0n) is 16.3. The lowest BCUT2D eigenvalue weighted by molar-refractivity contribution is 0.144. The molecule has 150 valence electrons. The maximum atomic E-state index is 13.6. The third-order valence-electron chi connectivity index (χ3n) is 5.23. The Hall–Kier alpha value is -3.65. The van der Waals surface area contributed by atoms with Crippen LogP contribution < -0.4 is 5.32 Å². The Balaban J connectivity index is 1.36. The summed E-state index contributed by atoms with van der Waals surface area (Å²) in [5.41, 5.74) is 5.12. The van der Waals surface area contributed by atoms with Gasteiger partial charge in [-0.15, -0.1) is 0 Å². The molecule has 1 aliphatic carbocycles. The molecule has 4 rings (SSSR count). The number of ether oxygens (including phenoxy) is 1. The zero-order chi connectivity index (χ0) is 21.1. The number of hydrogen-bond donors (Lipinski definition) is 1. The van der Waals surface area contributed by atoms with E-state index in [4.69, 9.17) is 4.74 Å². The number of hydrogen-bond acceptors (Lipinski definition) is 2. The van der Waals surface area contributed by atoms with E-state index in [0.717, 1.165) is 28.3 Å². The van der Waals surface area contributed by atoms with Gasteiger partial charge in [0.2, 0.25) is 0 Å². The number of benzene rings is 3. The van der Waals surface area contributed by atoms with Crippen molar-refractivity contribution in [3.05, 3.63) is 94.6 Å². The van der Waals surface area contributed by atoms with E-state index in [1.54, 1.807) is 0 Å². The van der Waals surface area contributed by atoms with Gasteiger partial charge in [0.05, 0.1) is 6.54 Å². The van der Waals surface area contributed by atoms with E-state index >= 15 is 0 Å². The third kappa shape index (κ3) is 3.77. The van der Waals surface area contributed by atoms with Crippen molar-refractivity contribution >= 4 is 6.09 Å². The van der Waals surface area contributed by atoms with Gasteiger partial charge in [0.1, 0.15) is 6.61 Å². The predicted molar refractivity (Wildman–Crippen MR) is 111 cm³/mol. The van der Waals surface area contributed by atoms with Crippen molar-refractivity contribution in [3.63, 3.8) is 0 Å². The summed E-state index contributed by atoms with van der Waals surface area (Å²) in [6, 6.07) is 18.7. The largest absolute Gasteiger partial charge is 0.449 e. The Bertz CT molecular complexity index is 1130. The minimum Gasteiger partial charge on any atom is -0.449 e. The van der Waals surface area contributed by atoms with E-state index in [1.807, 2.05) is 24.3 Å². The van der Waals surface area contributed by atoms with E-state index in [-0.39, 0.29) is 24.6 Å². The molecule has 0 fully saturated rings. The number of nitrogens with one attached hydrogen (secondary N) is 1. The first kappa shape index (κ1) is 19.7. The van der Waals surface area contributed by atoms with Crippen molar-refractivity contribution in [2.45, 2.75) is 12.8 Å². The Morgan fingerprint density at radius 2 is 1.63 bits per heavy atom. The maximum absolute atomic E-state index is 13.6. The fourth-order valence-corrected chi connectivity index (χ4v) is 3.69. The fourth-order valence-electron chi connectivity index (χ4n) is 3.69. The van der Waals surface area contributed by atoms with Crippen LogP contribution in [0.2, 0.25) is 0 Å². The summed E-state index contributed by atoms with van der Waals surface area (Å²) in [5, 5.41) is 2.57. The standard InChI is InChI=1S/C25H19F2NO2/c1-16-17(12-13-23(26)24(16)27)7-6-14-28-25(29)30-15-22-20-10-4-2-8-18(20)19-9-3-5-11-21(19)22/h2-5,8-13,22H,14-15H2,1H3,(H,28,29). The molecule has 0 heterocycles. The summed E-state index contributed by atoms with van der Waals surface area (Å²) >= 11 is 0. The number of carbonyl (C=O) groups is 1. The molecule has 1 aliphatic rings. The van der Waals surface area contributed by atoms with Crippen LogP contribution in [0.4, 0.5) is 13.6 Å². The minimum atomic E-state index is -0.911. The zero-order valence-corrected chi connectivity index (χ0v) is 16.3. The highest BCUT2D eigenvalue weighted by Crippen LogP contribution is 2.44. The molecule has 3 nitrogen and oxygen atoms in total. The van der Waals surface area contributed by atoms with Crippen molar-refractivity contribution < 1.29 is 18.3 Å². The lowest BCUT2D eigenvalue weighted by atomic mass is 9.98. The van der Waals surface area contributed by atoms with Crippen LogP contribution in [0.5, 0.6) is 0 Å². The van der Waals surface area contributed by atoms with Crippen molar-refractivity contribution in [2.75, 3.05) is 13.2 Å². The number of carbonyl (C=O) groups excluding carboxylic acids is 1.